The third kappa shape index (κ3) is 4.51. The van der Waals surface area contributed by atoms with E-state index in [9.17, 15) is 8.42 Å². The third-order valence-electron chi connectivity index (χ3n) is 2.94. The molecule has 19 heavy (non-hydrogen) atoms. The molecule has 0 spiro atoms. The van der Waals surface area contributed by atoms with Gasteiger partial charge in [-0.3, -0.25) is 0 Å². The predicted molar refractivity (Wildman–Crippen MR) is 78.1 cm³/mol. The Morgan fingerprint density at radius 2 is 1.95 bits per heavy atom. The minimum absolute atomic E-state index is 0.0128. The zero-order chi connectivity index (χ0) is 14.7. The molecule has 1 aromatic carbocycles. The van der Waals surface area contributed by atoms with Crippen LogP contribution in [-0.2, 0) is 9.84 Å². The number of nitrogens with two attached hydrogens (primary N) is 1. The molecule has 0 bridgehead atoms. The van der Waals surface area contributed by atoms with Crippen molar-refractivity contribution in [3.63, 3.8) is 0 Å². The standard InChI is InChI=1S/C14H23NO3S/c1-11(15)12-6-5-7-13(10-12)18-8-9-19(16,17)14(2,3)4/h5-7,10-11H,8-9,15H2,1-4H3/t11-/m0/s1. The molecule has 0 heterocycles. The Labute approximate surface area is 115 Å². The predicted octanol–water partition coefficient (Wildman–Crippen LogP) is 2.30. The molecule has 0 fully saturated rings. The fraction of sp³-hybridized carbons (Fsp3) is 0.571. The molecule has 1 rings (SSSR count). The van der Waals surface area contributed by atoms with Crippen molar-refractivity contribution in [2.45, 2.75) is 38.5 Å². The van der Waals surface area contributed by atoms with Crippen LogP contribution in [0.2, 0.25) is 0 Å². The number of benzene rings is 1. The van der Waals surface area contributed by atoms with Gasteiger partial charge >= 0.3 is 0 Å². The molecule has 1 atom stereocenters. The van der Waals surface area contributed by atoms with E-state index in [1.54, 1.807) is 26.8 Å². The van der Waals surface area contributed by atoms with Crippen LogP contribution >= 0.6 is 0 Å². The maximum atomic E-state index is 11.9. The van der Waals surface area contributed by atoms with Gasteiger partial charge < -0.3 is 10.5 Å². The van der Waals surface area contributed by atoms with E-state index in [4.69, 9.17) is 10.5 Å². The van der Waals surface area contributed by atoms with Crippen LogP contribution in [0.4, 0.5) is 0 Å². The van der Waals surface area contributed by atoms with Gasteiger partial charge in [-0.25, -0.2) is 8.42 Å². The summed E-state index contributed by atoms with van der Waals surface area (Å²) in [5.41, 5.74) is 6.75. The van der Waals surface area contributed by atoms with Crippen LogP contribution in [0.3, 0.4) is 0 Å². The Hall–Kier alpha value is -1.07. The number of hydrogen-bond donors (Lipinski definition) is 1. The number of sulfone groups is 1. The van der Waals surface area contributed by atoms with E-state index in [-0.39, 0.29) is 18.4 Å². The van der Waals surface area contributed by atoms with Crippen molar-refractivity contribution >= 4 is 9.84 Å². The molecule has 0 saturated heterocycles. The summed E-state index contributed by atoms with van der Waals surface area (Å²) in [7, 11) is -3.14. The Balaban J connectivity index is 2.62. The molecule has 2 N–H and O–H groups in total. The lowest BCUT2D eigenvalue weighted by Crippen LogP contribution is -2.32. The lowest BCUT2D eigenvalue weighted by atomic mass is 10.1. The summed E-state index contributed by atoms with van der Waals surface area (Å²) >= 11 is 0. The Morgan fingerprint density at radius 1 is 1.32 bits per heavy atom. The lowest BCUT2D eigenvalue weighted by Gasteiger charge is -2.19. The summed E-state index contributed by atoms with van der Waals surface area (Å²) in [6.45, 7) is 7.13. The third-order valence-corrected chi connectivity index (χ3v) is 5.51. The smallest absolute Gasteiger partial charge is 0.158 e. The molecule has 0 aliphatic rings. The van der Waals surface area contributed by atoms with E-state index >= 15 is 0 Å². The lowest BCUT2D eigenvalue weighted by molar-refractivity contribution is 0.339. The van der Waals surface area contributed by atoms with Gasteiger partial charge in [-0.05, 0) is 45.4 Å². The molecule has 0 amide bonds. The van der Waals surface area contributed by atoms with Crippen LogP contribution in [0.1, 0.15) is 39.3 Å². The molecule has 0 aromatic heterocycles. The average molecular weight is 285 g/mol. The SMILES string of the molecule is C[C@H](N)c1cccc(OCCS(=O)(=O)C(C)(C)C)c1. The average Bonchev–Trinajstić information content (AvgIpc) is 2.27. The molecule has 5 heteroatoms. The monoisotopic (exact) mass is 285 g/mol. The minimum Gasteiger partial charge on any atom is -0.493 e. The van der Waals surface area contributed by atoms with Gasteiger partial charge in [0, 0.05) is 6.04 Å². The highest BCUT2D eigenvalue weighted by molar-refractivity contribution is 7.92. The molecule has 0 radical (unpaired) electrons. The quantitative estimate of drug-likeness (QED) is 0.901. The van der Waals surface area contributed by atoms with E-state index in [1.807, 2.05) is 25.1 Å². The van der Waals surface area contributed by atoms with Crippen LogP contribution in [0.5, 0.6) is 5.75 Å². The normalized spacial score (nSPS) is 14.2. The van der Waals surface area contributed by atoms with Gasteiger partial charge in [-0.1, -0.05) is 12.1 Å². The molecule has 0 unspecified atom stereocenters. The molecular weight excluding hydrogens is 262 g/mol. The van der Waals surface area contributed by atoms with Crippen molar-refractivity contribution in [2.24, 2.45) is 5.73 Å². The Kier molecular flexibility index (Phi) is 4.98. The van der Waals surface area contributed by atoms with Gasteiger partial charge in [-0.15, -0.1) is 0 Å². The maximum Gasteiger partial charge on any atom is 0.158 e. The van der Waals surface area contributed by atoms with Gasteiger partial charge in [0.2, 0.25) is 0 Å². The van der Waals surface area contributed by atoms with Crippen molar-refractivity contribution in [1.29, 1.82) is 0 Å². The first-order valence-corrected chi connectivity index (χ1v) is 7.99. The van der Waals surface area contributed by atoms with E-state index in [2.05, 4.69) is 0 Å². The van der Waals surface area contributed by atoms with Crippen molar-refractivity contribution in [1.82, 2.24) is 0 Å². The van der Waals surface area contributed by atoms with E-state index in [0.717, 1.165) is 5.56 Å². The molecule has 0 saturated carbocycles. The van der Waals surface area contributed by atoms with E-state index in [1.165, 1.54) is 0 Å². The molecule has 0 aliphatic carbocycles. The number of ether oxygens (including phenoxy) is 1. The molecular formula is C14H23NO3S. The van der Waals surface area contributed by atoms with Crippen LogP contribution < -0.4 is 10.5 Å². The highest BCUT2D eigenvalue weighted by atomic mass is 32.2. The second kappa shape index (κ2) is 5.92. The molecule has 0 aliphatic heterocycles. The molecule has 1 aromatic rings. The fourth-order valence-corrected chi connectivity index (χ4v) is 2.38. The molecule has 4 nitrogen and oxygen atoms in total. The van der Waals surface area contributed by atoms with Crippen molar-refractivity contribution in [2.75, 3.05) is 12.4 Å². The number of rotatable bonds is 5. The van der Waals surface area contributed by atoms with E-state index < -0.39 is 14.6 Å². The van der Waals surface area contributed by atoms with E-state index in [0.29, 0.717) is 5.75 Å². The zero-order valence-corrected chi connectivity index (χ0v) is 12.8. The van der Waals surface area contributed by atoms with Crippen LogP contribution in [-0.4, -0.2) is 25.5 Å². The summed E-state index contributed by atoms with van der Waals surface area (Å²) in [6, 6.07) is 7.35. The summed E-state index contributed by atoms with van der Waals surface area (Å²) in [4.78, 5) is 0. The van der Waals surface area contributed by atoms with Crippen LogP contribution in [0.15, 0.2) is 24.3 Å². The Morgan fingerprint density at radius 3 is 2.47 bits per heavy atom. The Bertz CT molecular complexity index is 516. The highest BCUT2D eigenvalue weighted by Gasteiger charge is 2.28. The van der Waals surface area contributed by atoms with Gasteiger partial charge in [-0.2, -0.15) is 0 Å². The number of hydrogen-bond acceptors (Lipinski definition) is 4. The maximum absolute atomic E-state index is 11.9. The largest absolute Gasteiger partial charge is 0.493 e. The van der Waals surface area contributed by atoms with Crippen LogP contribution in [0.25, 0.3) is 0 Å². The minimum atomic E-state index is -3.14. The first-order chi connectivity index (χ1) is 8.63. The van der Waals surface area contributed by atoms with Gasteiger partial charge in [0.15, 0.2) is 9.84 Å². The summed E-state index contributed by atoms with van der Waals surface area (Å²) in [6.07, 6.45) is 0. The summed E-state index contributed by atoms with van der Waals surface area (Å²) in [5.74, 6) is 0.665. The second-order valence-electron chi connectivity index (χ2n) is 5.64. The topological polar surface area (TPSA) is 69.4 Å². The zero-order valence-electron chi connectivity index (χ0n) is 12.0. The summed E-state index contributed by atoms with van der Waals surface area (Å²) in [5, 5.41) is 0. The van der Waals surface area contributed by atoms with Crippen molar-refractivity contribution in [3.8, 4) is 5.75 Å². The van der Waals surface area contributed by atoms with Gasteiger partial charge in [0.1, 0.15) is 12.4 Å². The van der Waals surface area contributed by atoms with Gasteiger partial charge in [0.25, 0.3) is 0 Å². The fourth-order valence-electron chi connectivity index (χ4n) is 1.46. The highest BCUT2D eigenvalue weighted by Crippen LogP contribution is 2.19. The first kappa shape index (κ1) is 16.0. The van der Waals surface area contributed by atoms with Crippen molar-refractivity contribution in [3.05, 3.63) is 29.8 Å². The second-order valence-corrected chi connectivity index (χ2v) is 8.50. The molecule has 108 valence electrons. The van der Waals surface area contributed by atoms with Gasteiger partial charge in [0.05, 0.1) is 10.5 Å². The van der Waals surface area contributed by atoms with Crippen molar-refractivity contribution < 1.29 is 13.2 Å². The first-order valence-electron chi connectivity index (χ1n) is 6.34. The van der Waals surface area contributed by atoms with Crippen LogP contribution in [0, 0.1) is 0 Å². The summed E-state index contributed by atoms with van der Waals surface area (Å²) < 4.78 is 28.6.